The largest absolute Gasteiger partial charge is 0.497 e. The van der Waals surface area contributed by atoms with Crippen LogP contribution in [0.3, 0.4) is 0 Å². The first-order valence-electron chi connectivity index (χ1n) is 9.54. The highest BCUT2D eigenvalue weighted by Gasteiger charge is 2.01. The molecule has 0 atom stereocenters. The Hall–Kier alpha value is -2.00. The van der Waals surface area contributed by atoms with Crippen LogP contribution >= 0.6 is 24.0 Å². The fourth-order valence-corrected chi connectivity index (χ4v) is 2.65. The highest BCUT2D eigenvalue weighted by Crippen LogP contribution is 2.13. The van der Waals surface area contributed by atoms with Gasteiger partial charge >= 0.3 is 0 Å². The Bertz CT molecular complexity index is 736. The summed E-state index contributed by atoms with van der Waals surface area (Å²) in [6.45, 7) is 3.13. The maximum Gasteiger partial charge on any atom is 0.191 e. The lowest BCUT2D eigenvalue weighted by atomic mass is 10.2. The molecule has 0 heterocycles. The summed E-state index contributed by atoms with van der Waals surface area (Å²) < 4.78 is 11.0. The standard InChI is InChI=1S/C22H32N4O2.HI/c1-23-22(25-17-19-7-5-8-21(15-19)27-4)24-16-18-9-11-20(12-10-18)28-14-6-13-26(2)3;/h5,7-12,15H,6,13-14,16-17H2,1-4H3,(H2,23,24,25);1H. The zero-order chi connectivity index (χ0) is 20.2. The molecule has 2 rings (SSSR count). The van der Waals surface area contributed by atoms with Gasteiger partial charge in [0.05, 0.1) is 13.7 Å². The Balaban J connectivity index is 0.00000420. The number of ether oxygens (including phenoxy) is 2. The van der Waals surface area contributed by atoms with Gasteiger partial charge in [-0.2, -0.15) is 0 Å². The number of aliphatic imine (C=N–C) groups is 1. The minimum Gasteiger partial charge on any atom is -0.497 e. The molecule has 0 saturated carbocycles. The average molecular weight is 512 g/mol. The van der Waals surface area contributed by atoms with Crippen molar-refractivity contribution in [2.75, 3.05) is 41.4 Å². The minimum atomic E-state index is 0. The van der Waals surface area contributed by atoms with Crippen LogP contribution in [0.15, 0.2) is 53.5 Å². The third kappa shape index (κ3) is 9.85. The molecule has 0 fully saturated rings. The van der Waals surface area contributed by atoms with Crippen molar-refractivity contribution in [2.45, 2.75) is 19.5 Å². The van der Waals surface area contributed by atoms with E-state index in [1.165, 1.54) is 5.56 Å². The van der Waals surface area contributed by atoms with Crippen LogP contribution < -0.4 is 20.1 Å². The smallest absolute Gasteiger partial charge is 0.191 e. The van der Waals surface area contributed by atoms with Gasteiger partial charge in [-0.25, -0.2) is 0 Å². The number of hydrogen-bond acceptors (Lipinski definition) is 4. The van der Waals surface area contributed by atoms with Gasteiger partial charge in [0.2, 0.25) is 0 Å². The van der Waals surface area contributed by atoms with E-state index in [1.807, 2.05) is 30.3 Å². The van der Waals surface area contributed by atoms with Crippen molar-refractivity contribution in [3.05, 3.63) is 59.7 Å². The van der Waals surface area contributed by atoms with Crippen LogP contribution in [0.5, 0.6) is 11.5 Å². The summed E-state index contributed by atoms with van der Waals surface area (Å²) >= 11 is 0. The van der Waals surface area contributed by atoms with Crippen molar-refractivity contribution in [1.29, 1.82) is 0 Å². The number of benzene rings is 2. The molecule has 0 aromatic heterocycles. The molecule has 0 aliphatic carbocycles. The summed E-state index contributed by atoms with van der Waals surface area (Å²) in [6.07, 6.45) is 1.02. The normalized spacial score (nSPS) is 11.0. The third-order valence-corrected chi connectivity index (χ3v) is 4.22. The number of hydrogen-bond donors (Lipinski definition) is 2. The maximum absolute atomic E-state index is 5.77. The van der Waals surface area contributed by atoms with E-state index in [9.17, 15) is 0 Å². The molecule has 0 saturated heterocycles. The van der Waals surface area contributed by atoms with Crippen molar-refractivity contribution in [1.82, 2.24) is 15.5 Å². The van der Waals surface area contributed by atoms with Crippen molar-refractivity contribution < 1.29 is 9.47 Å². The molecule has 0 bridgehead atoms. The van der Waals surface area contributed by atoms with Crippen molar-refractivity contribution in [2.24, 2.45) is 4.99 Å². The second-order valence-electron chi connectivity index (χ2n) is 6.78. The zero-order valence-corrected chi connectivity index (χ0v) is 20.1. The van der Waals surface area contributed by atoms with Crippen LogP contribution in [0.2, 0.25) is 0 Å². The molecule has 6 nitrogen and oxygen atoms in total. The second-order valence-corrected chi connectivity index (χ2v) is 6.78. The van der Waals surface area contributed by atoms with Crippen LogP contribution in [0.1, 0.15) is 17.5 Å². The summed E-state index contributed by atoms with van der Waals surface area (Å²) in [6, 6.07) is 16.2. The molecular weight excluding hydrogens is 479 g/mol. The van der Waals surface area contributed by atoms with Crippen LogP contribution in [0, 0.1) is 0 Å². The Morgan fingerprint density at radius 1 is 0.966 bits per heavy atom. The molecule has 0 spiro atoms. The van der Waals surface area contributed by atoms with E-state index < -0.39 is 0 Å². The molecule has 0 radical (unpaired) electrons. The predicted molar refractivity (Wildman–Crippen MR) is 131 cm³/mol. The van der Waals surface area contributed by atoms with Gasteiger partial charge in [-0.1, -0.05) is 24.3 Å². The molecule has 0 aliphatic rings. The van der Waals surface area contributed by atoms with E-state index in [2.05, 4.69) is 52.8 Å². The molecule has 0 amide bonds. The molecule has 29 heavy (non-hydrogen) atoms. The van der Waals surface area contributed by atoms with Gasteiger partial charge in [0.15, 0.2) is 5.96 Å². The van der Waals surface area contributed by atoms with E-state index in [4.69, 9.17) is 9.47 Å². The Labute approximate surface area is 191 Å². The van der Waals surface area contributed by atoms with E-state index in [-0.39, 0.29) is 24.0 Å². The van der Waals surface area contributed by atoms with E-state index >= 15 is 0 Å². The first-order valence-corrected chi connectivity index (χ1v) is 9.54. The summed E-state index contributed by atoms with van der Waals surface area (Å²) in [4.78, 5) is 6.44. The topological polar surface area (TPSA) is 58.1 Å². The van der Waals surface area contributed by atoms with Gasteiger partial charge in [0.25, 0.3) is 0 Å². The first kappa shape index (κ1) is 25.0. The molecule has 0 unspecified atom stereocenters. The number of rotatable bonds is 10. The van der Waals surface area contributed by atoms with Gasteiger partial charge in [0.1, 0.15) is 11.5 Å². The van der Waals surface area contributed by atoms with Gasteiger partial charge < -0.3 is 25.0 Å². The molecule has 0 aliphatic heterocycles. The summed E-state index contributed by atoms with van der Waals surface area (Å²) in [5.74, 6) is 2.51. The fourth-order valence-electron chi connectivity index (χ4n) is 2.65. The lowest BCUT2D eigenvalue weighted by Crippen LogP contribution is -2.36. The van der Waals surface area contributed by atoms with Gasteiger partial charge in [-0.3, -0.25) is 4.99 Å². The minimum absolute atomic E-state index is 0. The monoisotopic (exact) mass is 512 g/mol. The number of guanidine groups is 1. The van der Waals surface area contributed by atoms with Crippen molar-refractivity contribution in [3.63, 3.8) is 0 Å². The Kier molecular flexibility index (Phi) is 12.1. The molecule has 2 N–H and O–H groups in total. The molecule has 160 valence electrons. The van der Waals surface area contributed by atoms with Gasteiger partial charge in [-0.05, 0) is 55.9 Å². The number of nitrogens with zero attached hydrogens (tertiary/aromatic N) is 2. The van der Waals surface area contributed by atoms with Gasteiger partial charge in [-0.15, -0.1) is 24.0 Å². The maximum atomic E-state index is 5.77. The predicted octanol–water partition coefficient (Wildman–Crippen LogP) is 3.51. The highest BCUT2D eigenvalue weighted by atomic mass is 127. The Morgan fingerprint density at radius 2 is 1.66 bits per heavy atom. The average Bonchev–Trinajstić information content (AvgIpc) is 2.72. The summed E-state index contributed by atoms with van der Waals surface area (Å²) in [5.41, 5.74) is 2.31. The van der Waals surface area contributed by atoms with Crippen LogP contribution in [-0.4, -0.2) is 52.3 Å². The summed E-state index contributed by atoms with van der Waals surface area (Å²) in [7, 11) is 7.58. The second kappa shape index (κ2) is 14.1. The Morgan fingerprint density at radius 3 is 2.28 bits per heavy atom. The highest BCUT2D eigenvalue weighted by molar-refractivity contribution is 14.0. The number of methoxy groups -OCH3 is 1. The number of halogens is 1. The van der Waals surface area contributed by atoms with Crippen LogP contribution in [-0.2, 0) is 13.1 Å². The molecule has 2 aromatic carbocycles. The van der Waals surface area contributed by atoms with Gasteiger partial charge in [0, 0.05) is 26.7 Å². The van der Waals surface area contributed by atoms with Crippen LogP contribution in [0.25, 0.3) is 0 Å². The van der Waals surface area contributed by atoms with E-state index in [0.717, 1.165) is 42.6 Å². The number of nitrogens with one attached hydrogen (secondary N) is 2. The first-order chi connectivity index (χ1) is 13.6. The quantitative estimate of drug-likeness (QED) is 0.221. The molecule has 7 heteroatoms. The lowest BCUT2D eigenvalue weighted by Gasteiger charge is -2.13. The third-order valence-electron chi connectivity index (χ3n) is 4.22. The molecule has 2 aromatic rings. The van der Waals surface area contributed by atoms with E-state index in [1.54, 1.807) is 14.2 Å². The SMILES string of the molecule is CN=C(NCc1ccc(OCCCN(C)C)cc1)NCc1cccc(OC)c1.I. The lowest BCUT2D eigenvalue weighted by molar-refractivity contribution is 0.281. The zero-order valence-electron chi connectivity index (χ0n) is 17.8. The fraction of sp³-hybridized carbons (Fsp3) is 0.409. The van der Waals surface area contributed by atoms with Crippen molar-refractivity contribution >= 4 is 29.9 Å². The van der Waals surface area contributed by atoms with Crippen LogP contribution in [0.4, 0.5) is 0 Å². The summed E-state index contributed by atoms with van der Waals surface area (Å²) in [5, 5.41) is 6.65. The van der Waals surface area contributed by atoms with Crippen molar-refractivity contribution in [3.8, 4) is 11.5 Å². The molecular formula is C22H33IN4O2. The van der Waals surface area contributed by atoms with E-state index in [0.29, 0.717) is 13.1 Å².